The summed E-state index contributed by atoms with van der Waals surface area (Å²) in [5.74, 6) is -1.06. The summed E-state index contributed by atoms with van der Waals surface area (Å²) in [6.07, 6.45) is 1.56. The van der Waals surface area contributed by atoms with Crippen molar-refractivity contribution in [3.05, 3.63) is 0 Å². The van der Waals surface area contributed by atoms with Gasteiger partial charge in [-0.15, -0.1) is 0 Å². The molecule has 0 aliphatic rings. The average molecular weight is 287 g/mol. The van der Waals surface area contributed by atoms with Crippen molar-refractivity contribution < 1.29 is 14.7 Å². The normalized spacial score (nSPS) is 13.9. The number of amides is 2. The lowest BCUT2D eigenvalue weighted by atomic mass is 9.99. The minimum atomic E-state index is -0.975. The molecule has 2 atom stereocenters. The Kier molecular flexibility index (Phi) is 8.96. The number of carbonyl (C=O) groups is 2. The number of carboxylic acids is 1. The number of hydrogen-bond acceptors (Lipinski definition) is 3. The Labute approximate surface area is 122 Å². The SMILES string of the molecule is CCCN(CCN(C)C)C(=O)NC(C(=O)O)C(C)CC. The van der Waals surface area contributed by atoms with Crippen LogP contribution in [0, 0.1) is 5.92 Å². The van der Waals surface area contributed by atoms with Crippen LogP contribution in [-0.2, 0) is 4.79 Å². The second kappa shape index (κ2) is 9.58. The lowest BCUT2D eigenvalue weighted by Gasteiger charge is -2.27. The van der Waals surface area contributed by atoms with Gasteiger partial charge in [0.05, 0.1) is 0 Å². The third kappa shape index (κ3) is 6.75. The molecule has 6 nitrogen and oxygen atoms in total. The number of nitrogens with zero attached hydrogens (tertiary/aromatic N) is 2. The van der Waals surface area contributed by atoms with Gasteiger partial charge in [-0.3, -0.25) is 0 Å². The van der Waals surface area contributed by atoms with E-state index in [0.29, 0.717) is 19.5 Å². The zero-order valence-corrected chi connectivity index (χ0v) is 13.3. The Bertz CT molecular complexity index is 308. The molecule has 0 bridgehead atoms. The summed E-state index contributed by atoms with van der Waals surface area (Å²) in [5.41, 5.74) is 0. The molecule has 6 heteroatoms. The van der Waals surface area contributed by atoms with Crippen LogP contribution < -0.4 is 5.32 Å². The number of hydrogen-bond donors (Lipinski definition) is 2. The number of rotatable bonds is 9. The molecule has 20 heavy (non-hydrogen) atoms. The van der Waals surface area contributed by atoms with Gasteiger partial charge in [0.2, 0.25) is 0 Å². The summed E-state index contributed by atoms with van der Waals surface area (Å²) in [4.78, 5) is 27.1. The lowest BCUT2D eigenvalue weighted by Crippen LogP contribution is -2.51. The molecule has 2 N–H and O–H groups in total. The second-order valence-corrected chi connectivity index (χ2v) is 5.44. The van der Waals surface area contributed by atoms with Gasteiger partial charge in [0, 0.05) is 19.6 Å². The van der Waals surface area contributed by atoms with Crippen LogP contribution in [0.5, 0.6) is 0 Å². The molecule has 0 radical (unpaired) electrons. The summed E-state index contributed by atoms with van der Waals surface area (Å²) in [7, 11) is 3.89. The minimum Gasteiger partial charge on any atom is -0.480 e. The van der Waals surface area contributed by atoms with E-state index in [0.717, 1.165) is 13.0 Å². The summed E-state index contributed by atoms with van der Waals surface area (Å²) in [6, 6.07) is -1.12. The van der Waals surface area contributed by atoms with Crippen LogP contribution in [-0.4, -0.2) is 66.7 Å². The molecular formula is C14H29N3O3. The van der Waals surface area contributed by atoms with E-state index < -0.39 is 12.0 Å². The first-order valence-electron chi connectivity index (χ1n) is 7.26. The van der Waals surface area contributed by atoms with Crippen LogP contribution in [0.15, 0.2) is 0 Å². The summed E-state index contributed by atoms with van der Waals surface area (Å²) >= 11 is 0. The first-order valence-corrected chi connectivity index (χ1v) is 7.26. The van der Waals surface area contributed by atoms with Gasteiger partial charge in [0.1, 0.15) is 6.04 Å². The number of urea groups is 1. The molecule has 0 rings (SSSR count). The predicted molar refractivity (Wildman–Crippen MR) is 79.8 cm³/mol. The Morgan fingerprint density at radius 2 is 1.75 bits per heavy atom. The summed E-state index contributed by atoms with van der Waals surface area (Å²) < 4.78 is 0. The summed E-state index contributed by atoms with van der Waals surface area (Å²) in [5, 5.41) is 11.9. The highest BCUT2D eigenvalue weighted by Gasteiger charge is 2.27. The third-order valence-corrected chi connectivity index (χ3v) is 3.36. The predicted octanol–water partition coefficient (Wildman–Crippen LogP) is 1.47. The third-order valence-electron chi connectivity index (χ3n) is 3.36. The van der Waals surface area contributed by atoms with Gasteiger partial charge in [-0.1, -0.05) is 27.2 Å². The van der Waals surface area contributed by atoms with E-state index in [-0.39, 0.29) is 11.9 Å². The smallest absolute Gasteiger partial charge is 0.326 e. The highest BCUT2D eigenvalue weighted by atomic mass is 16.4. The topological polar surface area (TPSA) is 72.9 Å². The standard InChI is InChI=1S/C14H29N3O3/c1-6-8-17(10-9-16(4)5)14(20)15-12(13(18)19)11(3)7-2/h11-12H,6-10H2,1-5H3,(H,15,20)(H,18,19). The van der Waals surface area contributed by atoms with Crippen molar-refractivity contribution in [1.29, 1.82) is 0 Å². The molecule has 0 aromatic rings. The molecule has 0 fully saturated rings. The number of carboxylic acid groups (broad SMARTS) is 1. The van der Waals surface area contributed by atoms with Gasteiger partial charge in [-0.2, -0.15) is 0 Å². The maximum Gasteiger partial charge on any atom is 0.326 e. The van der Waals surface area contributed by atoms with Crippen LogP contribution in [0.25, 0.3) is 0 Å². The molecule has 2 amide bonds. The molecule has 0 heterocycles. The average Bonchev–Trinajstić information content (AvgIpc) is 2.38. The largest absolute Gasteiger partial charge is 0.480 e. The fourth-order valence-corrected chi connectivity index (χ4v) is 1.81. The first kappa shape index (κ1) is 18.7. The quantitative estimate of drug-likeness (QED) is 0.673. The molecule has 2 unspecified atom stereocenters. The van der Waals surface area contributed by atoms with Crippen LogP contribution in [0.4, 0.5) is 4.79 Å². The fourth-order valence-electron chi connectivity index (χ4n) is 1.81. The van der Waals surface area contributed by atoms with Crippen LogP contribution in [0.3, 0.4) is 0 Å². The van der Waals surface area contributed by atoms with Crippen LogP contribution in [0.2, 0.25) is 0 Å². The Morgan fingerprint density at radius 3 is 2.15 bits per heavy atom. The molecule has 0 aliphatic heterocycles. The van der Waals surface area contributed by atoms with E-state index >= 15 is 0 Å². The molecule has 0 saturated heterocycles. The number of carbonyl (C=O) groups excluding carboxylic acids is 1. The maximum atomic E-state index is 12.2. The molecule has 0 spiro atoms. The molecule has 0 aromatic heterocycles. The van der Waals surface area contributed by atoms with Crippen molar-refractivity contribution >= 4 is 12.0 Å². The monoisotopic (exact) mass is 287 g/mol. The van der Waals surface area contributed by atoms with Crippen molar-refractivity contribution in [3.8, 4) is 0 Å². The highest BCUT2D eigenvalue weighted by molar-refractivity contribution is 5.82. The van der Waals surface area contributed by atoms with E-state index in [1.54, 1.807) is 4.90 Å². The Balaban J connectivity index is 4.66. The molecule has 0 aliphatic carbocycles. The van der Waals surface area contributed by atoms with E-state index in [1.165, 1.54) is 0 Å². The van der Waals surface area contributed by atoms with Gasteiger partial charge in [-0.05, 0) is 26.4 Å². The van der Waals surface area contributed by atoms with Gasteiger partial charge in [0.15, 0.2) is 0 Å². The van der Waals surface area contributed by atoms with Crippen molar-refractivity contribution in [2.24, 2.45) is 5.92 Å². The van der Waals surface area contributed by atoms with Crippen LogP contribution in [0.1, 0.15) is 33.6 Å². The van der Waals surface area contributed by atoms with Crippen LogP contribution >= 0.6 is 0 Å². The Hall–Kier alpha value is -1.30. The zero-order chi connectivity index (χ0) is 15.7. The minimum absolute atomic E-state index is 0.0891. The number of likely N-dealkylation sites (N-methyl/N-ethyl adjacent to an activating group) is 1. The second-order valence-electron chi connectivity index (χ2n) is 5.44. The molecular weight excluding hydrogens is 258 g/mol. The van der Waals surface area contributed by atoms with E-state index in [2.05, 4.69) is 5.32 Å². The van der Waals surface area contributed by atoms with Gasteiger partial charge < -0.3 is 20.2 Å². The van der Waals surface area contributed by atoms with Gasteiger partial charge in [0.25, 0.3) is 0 Å². The summed E-state index contributed by atoms with van der Waals surface area (Å²) in [6.45, 7) is 7.74. The number of nitrogens with one attached hydrogen (secondary N) is 1. The van der Waals surface area contributed by atoms with Crippen molar-refractivity contribution in [3.63, 3.8) is 0 Å². The zero-order valence-electron chi connectivity index (χ0n) is 13.3. The van der Waals surface area contributed by atoms with Gasteiger partial charge in [-0.25, -0.2) is 9.59 Å². The number of aliphatic carboxylic acids is 1. The highest BCUT2D eigenvalue weighted by Crippen LogP contribution is 2.08. The molecule has 0 aromatic carbocycles. The van der Waals surface area contributed by atoms with Crippen molar-refractivity contribution in [1.82, 2.24) is 15.1 Å². The fraction of sp³-hybridized carbons (Fsp3) is 0.857. The van der Waals surface area contributed by atoms with Crippen molar-refractivity contribution in [2.45, 2.75) is 39.7 Å². The van der Waals surface area contributed by atoms with E-state index in [1.807, 2.05) is 39.8 Å². The van der Waals surface area contributed by atoms with Crippen molar-refractivity contribution in [2.75, 3.05) is 33.7 Å². The Morgan fingerprint density at radius 1 is 1.15 bits per heavy atom. The maximum absolute atomic E-state index is 12.2. The van der Waals surface area contributed by atoms with E-state index in [9.17, 15) is 14.7 Å². The molecule has 0 saturated carbocycles. The first-order chi connectivity index (χ1) is 9.33. The van der Waals surface area contributed by atoms with E-state index in [4.69, 9.17) is 0 Å². The molecule has 118 valence electrons. The lowest BCUT2D eigenvalue weighted by molar-refractivity contribution is -0.140. The van der Waals surface area contributed by atoms with Gasteiger partial charge >= 0.3 is 12.0 Å².